The zero-order chi connectivity index (χ0) is 32.0. The van der Waals surface area contributed by atoms with Gasteiger partial charge in [0.25, 0.3) is 0 Å². The fourth-order valence-corrected chi connectivity index (χ4v) is 6.18. The summed E-state index contributed by atoms with van der Waals surface area (Å²) in [4.78, 5) is 48.3. The van der Waals surface area contributed by atoms with Crippen molar-refractivity contribution in [2.24, 2.45) is 5.73 Å². The number of nitrogens with one attached hydrogen (secondary N) is 4. The Hall–Kier alpha value is -3.93. The lowest BCUT2D eigenvalue weighted by molar-refractivity contribution is -0.159. The van der Waals surface area contributed by atoms with Gasteiger partial charge in [-0.3, -0.25) is 19.6 Å². The molecule has 1 fully saturated rings. The number of aromatic nitrogens is 3. The highest BCUT2D eigenvalue weighted by atomic mass is 16.6. The maximum Gasteiger partial charge on any atom is 0.329 e. The van der Waals surface area contributed by atoms with Crippen molar-refractivity contribution >= 4 is 33.8 Å². The number of unbranched alkanes of at least 4 members (excludes halogenated alkanes) is 1. The zero-order valence-corrected chi connectivity index (χ0v) is 26.6. The van der Waals surface area contributed by atoms with Crippen molar-refractivity contribution in [3.63, 3.8) is 0 Å². The summed E-state index contributed by atoms with van der Waals surface area (Å²) in [5, 5.41) is 7.57. The Morgan fingerprint density at radius 3 is 2.47 bits per heavy atom. The van der Waals surface area contributed by atoms with Crippen LogP contribution in [0.4, 0.5) is 0 Å². The van der Waals surface area contributed by atoms with Crippen molar-refractivity contribution in [3.05, 3.63) is 70.8 Å². The summed E-state index contributed by atoms with van der Waals surface area (Å²) in [6.45, 7) is 8.05. The van der Waals surface area contributed by atoms with Gasteiger partial charge in [0.05, 0.1) is 17.1 Å². The predicted molar refractivity (Wildman–Crippen MR) is 177 cm³/mol. The summed E-state index contributed by atoms with van der Waals surface area (Å²) >= 11 is 0. The van der Waals surface area contributed by atoms with Crippen molar-refractivity contribution in [3.8, 4) is 0 Å². The van der Waals surface area contributed by atoms with Crippen LogP contribution in [0.1, 0.15) is 64.5 Å². The number of esters is 1. The molecule has 11 heteroatoms. The summed E-state index contributed by atoms with van der Waals surface area (Å²) in [5.41, 5.74) is 8.77. The van der Waals surface area contributed by atoms with E-state index in [1.165, 1.54) is 0 Å². The normalized spacial score (nSPS) is 16.2. The highest BCUT2D eigenvalue weighted by Gasteiger charge is 2.30. The van der Waals surface area contributed by atoms with Gasteiger partial charge in [0.1, 0.15) is 11.6 Å². The monoisotopic (exact) mass is 617 g/mol. The van der Waals surface area contributed by atoms with Gasteiger partial charge in [0.15, 0.2) is 0 Å². The molecule has 1 amide bonds. The van der Waals surface area contributed by atoms with Crippen LogP contribution >= 0.6 is 0 Å². The third kappa shape index (κ3) is 8.22. The number of rotatable bonds is 13. The minimum Gasteiger partial charge on any atom is -0.458 e. The molecule has 1 saturated heterocycles. The van der Waals surface area contributed by atoms with Crippen molar-refractivity contribution in [1.29, 1.82) is 0 Å². The van der Waals surface area contributed by atoms with E-state index in [2.05, 4.69) is 25.5 Å². The Balaban J connectivity index is 1.27. The summed E-state index contributed by atoms with van der Waals surface area (Å²) in [6.07, 6.45) is 5.96. The van der Waals surface area contributed by atoms with Crippen LogP contribution in [0.2, 0.25) is 0 Å². The van der Waals surface area contributed by atoms with Crippen LogP contribution in [0, 0.1) is 0 Å². The van der Waals surface area contributed by atoms with Gasteiger partial charge < -0.3 is 25.8 Å². The van der Waals surface area contributed by atoms with E-state index in [0.717, 1.165) is 59.9 Å². The quantitative estimate of drug-likeness (QED) is 0.114. The van der Waals surface area contributed by atoms with Gasteiger partial charge in [-0.15, -0.1) is 0 Å². The molecule has 3 heterocycles. The molecule has 2 atom stereocenters. The Labute approximate surface area is 263 Å². The van der Waals surface area contributed by atoms with Crippen LogP contribution in [-0.4, -0.2) is 75.3 Å². The van der Waals surface area contributed by atoms with E-state index in [1.807, 2.05) is 80.1 Å². The number of para-hydroxylation sites is 3. The van der Waals surface area contributed by atoms with E-state index in [4.69, 9.17) is 10.5 Å². The van der Waals surface area contributed by atoms with Crippen LogP contribution in [0.3, 0.4) is 0 Å². The number of H-pyrrole nitrogens is 2. The van der Waals surface area contributed by atoms with E-state index < -0.39 is 23.7 Å². The number of hydrogen-bond acceptors (Lipinski definition) is 7. The number of benzene rings is 2. The maximum absolute atomic E-state index is 13.9. The molecule has 0 bridgehead atoms. The Kier molecular flexibility index (Phi) is 10.4. The fraction of sp³-hybridized carbons (Fsp3) is 0.500. The first-order chi connectivity index (χ1) is 21.6. The largest absolute Gasteiger partial charge is 0.458 e. The first kappa shape index (κ1) is 32.5. The summed E-state index contributed by atoms with van der Waals surface area (Å²) < 4.78 is 7.54. The van der Waals surface area contributed by atoms with Crippen LogP contribution in [-0.2, 0) is 20.7 Å². The number of imidazole rings is 1. The third-order valence-corrected chi connectivity index (χ3v) is 8.48. The van der Waals surface area contributed by atoms with Gasteiger partial charge in [0.2, 0.25) is 5.91 Å². The van der Waals surface area contributed by atoms with Crippen LogP contribution in [0.25, 0.3) is 21.9 Å². The number of fused-ring (bicyclic) bond motifs is 2. The molecule has 1 aliphatic heterocycles. The lowest BCUT2D eigenvalue weighted by Gasteiger charge is -2.33. The second kappa shape index (κ2) is 14.4. The molecular weight excluding hydrogens is 570 g/mol. The Morgan fingerprint density at radius 2 is 1.73 bits per heavy atom. The molecule has 242 valence electrons. The van der Waals surface area contributed by atoms with E-state index >= 15 is 0 Å². The fourth-order valence-electron chi connectivity index (χ4n) is 6.18. The number of amides is 1. The molecular formula is C34H47N7O4. The van der Waals surface area contributed by atoms with Crippen molar-refractivity contribution in [1.82, 2.24) is 30.1 Å². The molecule has 4 aromatic rings. The average Bonchev–Trinajstić information content (AvgIpc) is 3.58. The topological polar surface area (TPSA) is 150 Å². The smallest absolute Gasteiger partial charge is 0.329 e. The van der Waals surface area contributed by atoms with Crippen molar-refractivity contribution < 1.29 is 14.3 Å². The van der Waals surface area contributed by atoms with Gasteiger partial charge in [-0.05, 0) is 89.6 Å². The number of nitrogens with two attached hydrogens (primary N) is 1. The second-order valence-corrected chi connectivity index (χ2v) is 13.0. The Bertz CT molecular complexity index is 1640. The molecule has 6 N–H and O–H groups in total. The first-order valence-electron chi connectivity index (χ1n) is 16.1. The van der Waals surface area contributed by atoms with Crippen molar-refractivity contribution in [2.45, 2.75) is 83.0 Å². The molecule has 5 rings (SSSR count). The molecule has 11 nitrogen and oxygen atoms in total. The molecule has 2 aromatic heterocycles. The lowest BCUT2D eigenvalue weighted by atomic mass is 10.0. The predicted octanol–water partition coefficient (Wildman–Crippen LogP) is 3.56. The van der Waals surface area contributed by atoms with Gasteiger partial charge >= 0.3 is 11.7 Å². The van der Waals surface area contributed by atoms with E-state index in [1.54, 1.807) is 0 Å². The number of carbonyl (C=O) groups excluding carboxylic acids is 2. The number of carbonyl (C=O) groups is 2. The zero-order valence-electron chi connectivity index (χ0n) is 26.6. The maximum atomic E-state index is 13.9. The molecule has 1 unspecified atom stereocenters. The number of likely N-dealkylation sites (tertiary alicyclic amines) is 1. The minimum absolute atomic E-state index is 0.0748. The molecule has 0 saturated carbocycles. The van der Waals surface area contributed by atoms with Crippen LogP contribution in [0.5, 0.6) is 0 Å². The molecule has 1 aliphatic rings. The minimum atomic E-state index is -0.763. The lowest BCUT2D eigenvalue weighted by Crippen LogP contribution is -2.54. The summed E-state index contributed by atoms with van der Waals surface area (Å²) in [5.74, 6) is -0.683. The SMILES string of the molecule is CC(C)(C)OC(=O)C(CCCCN)NC(=O)[C@@H](Cc1c[nH]c2ccccc12)NCN1CCC(n2c(=O)[nH]c3ccccc32)CC1. The summed E-state index contributed by atoms with van der Waals surface area (Å²) in [6, 6.07) is 14.6. The average molecular weight is 618 g/mol. The molecule has 0 radical (unpaired) electrons. The molecule has 45 heavy (non-hydrogen) atoms. The highest BCUT2D eigenvalue weighted by Crippen LogP contribution is 2.25. The Morgan fingerprint density at radius 1 is 1.02 bits per heavy atom. The standard InChI is InChI=1S/C34H47N7O4/c1-34(2,3)45-32(43)28(13-8-9-17-35)38-31(42)29(20-23-21-36-26-11-5-4-10-25(23)26)37-22-40-18-15-24(16-19-40)41-30-14-7-6-12-27(30)39-33(41)44/h4-7,10-12,14,21,24,28-29,36-37H,8-9,13,15-20,22,35H2,1-3H3,(H,38,42)(H,39,44)/t28?,29-/m1/s1. The van der Waals surface area contributed by atoms with E-state index in [-0.39, 0.29) is 17.6 Å². The highest BCUT2D eigenvalue weighted by molar-refractivity contribution is 5.89. The van der Waals surface area contributed by atoms with Gasteiger partial charge in [-0.25, -0.2) is 9.59 Å². The molecule has 0 aliphatic carbocycles. The number of nitrogens with zero attached hydrogens (tertiary/aromatic N) is 2. The second-order valence-electron chi connectivity index (χ2n) is 13.0. The van der Waals surface area contributed by atoms with Gasteiger partial charge in [0, 0.05) is 42.9 Å². The molecule has 2 aromatic carbocycles. The number of piperidine rings is 1. The first-order valence-corrected chi connectivity index (χ1v) is 16.1. The van der Waals surface area contributed by atoms with E-state index in [0.29, 0.717) is 32.5 Å². The van der Waals surface area contributed by atoms with Gasteiger partial charge in [-0.2, -0.15) is 0 Å². The van der Waals surface area contributed by atoms with Crippen LogP contribution in [0.15, 0.2) is 59.5 Å². The van der Waals surface area contributed by atoms with Crippen molar-refractivity contribution in [2.75, 3.05) is 26.3 Å². The van der Waals surface area contributed by atoms with Gasteiger partial charge in [-0.1, -0.05) is 30.3 Å². The number of ether oxygens (including phenoxy) is 1. The van der Waals surface area contributed by atoms with Crippen LogP contribution < -0.4 is 22.1 Å². The van der Waals surface area contributed by atoms with E-state index in [9.17, 15) is 14.4 Å². The number of aromatic amines is 2. The summed E-state index contributed by atoms with van der Waals surface area (Å²) in [7, 11) is 0. The molecule has 0 spiro atoms. The third-order valence-electron chi connectivity index (χ3n) is 8.48. The number of hydrogen-bond donors (Lipinski definition) is 5.